The quantitative estimate of drug-likeness (QED) is 0.731. The largest absolute Gasteiger partial charge is 0.383 e. The minimum absolute atomic E-state index is 0.0126. The van der Waals surface area contributed by atoms with E-state index < -0.39 is 5.67 Å². The maximum Gasteiger partial charge on any atom is 0.126 e. The molecule has 0 amide bonds. The van der Waals surface area contributed by atoms with Crippen molar-refractivity contribution in [2.45, 2.75) is 19.0 Å². The number of nitrogens with two attached hydrogens (primary N) is 2. The zero-order valence-electron chi connectivity index (χ0n) is 7.63. The summed E-state index contributed by atoms with van der Waals surface area (Å²) in [6, 6.07) is 3.49. The van der Waals surface area contributed by atoms with Gasteiger partial charge < -0.3 is 11.5 Å². The summed E-state index contributed by atoms with van der Waals surface area (Å²) >= 11 is 0. The molecule has 1 heterocycles. The molecule has 1 aromatic heterocycles. The minimum atomic E-state index is -1.41. The average molecular weight is 183 g/mol. The number of hydrogen-bond acceptors (Lipinski definition) is 3. The van der Waals surface area contributed by atoms with Gasteiger partial charge in [0.2, 0.25) is 0 Å². The molecule has 1 atom stereocenters. The van der Waals surface area contributed by atoms with Crippen molar-refractivity contribution >= 4 is 5.82 Å². The molecule has 0 saturated carbocycles. The number of alkyl halides is 1. The molecular formula is C9H14FN3. The molecule has 0 bridgehead atoms. The Hall–Kier alpha value is -1.16. The van der Waals surface area contributed by atoms with Gasteiger partial charge in [-0.2, -0.15) is 0 Å². The van der Waals surface area contributed by atoms with Gasteiger partial charge in [-0.3, -0.25) is 0 Å². The normalized spacial score (nSPS) is 15.3. The van der Waals surface area contributed by atoms with Crippen molar-refractivity contribution in [3.63, 3.8) is 0 Å². The van der Waals surface area contributed by atoms with Crippen LogP contribution in [0.2, 0.25) is 0 Å². The molecule has 0 aliphatic carbocycles. The van der Waals surface area contributed by atoms with E-state index in [1.165, 1.54) is 6.92 Å². The van der Waals surface area contributed by atoms with Gasteiger partial charge in [0.15, 0.2) is 0 Å². The second-order valence-electron chi connectivity index (χ2n) is 3.34. The molecule has 0 radical (unpaired) electrons. The SMILES string of the molecule is CC(F)(CN)Cc1cccnc1N. The number of anilines is 1. The topological polar surface area (TPSA) is 64.9 Å². The molecule has 0 aliphatic rings. The van der Waals surface area contributed by atoms with Crippen LogP contribution in [0, 0.1) is 0 Å². The lowest BCUT2D eigenvalue weighted by molar-refractivity contribution is 0.200. The summed E-state index contributed by atoms with van der Waals surface area (Å²) in [5, 5.41) is 0. The van der Waals surface area contributed by atoms with E-state index in [1.54, 1.807) is 18.3 Å². The first kappa shape index (κ1) is 9.92. The van der Waals surface area contributed by atoms with Gasteiger partial charge >= 0.3 is 0 Å². The number of hydrogen-bond donors (Lipinski definition) is 2. The fourth-order valence-corrected chi connectivity index (χ4v) is 1.07. The molecule has 1 unspecified atom stereocenters. The third kappa shape index (κ3) is 2.66. The van der Waals surface area contributed by atoms with E-state index in [2.05, 4.69) is 4.98 Å². The van der Waals surface area contributed by atoms with Crippen LogP contribution in [0.4, 0.5) is 10.2 Å². The summed E-state index contributed by atoms with van der Waals surface area (Å²) in [6.07, 6.45) is 1.79. The van der Waals surface area contributed by atoms with Crippen LogP contribution < -0.4 is 11.5 Å². The van der Waals surface area contributed by atoms with Gasteiger partial charge in [-0.25, -0.2) is 9.37 Å². The molecule has 1 aromatic rings. The van der Waals surface area contributed by atoms with Crippen molar-refractivity contribution in [3.8, 4) is 0 Å². The third-order valence-electron chi connectivity index (χ3n) is 1.91. The van der Waals surface area contributed by atoms with E-state index in [1.807, 2.05) is 0 Å². The second kappa shape index (κ2) is 3.70. The summed E-state index contributed by atoms with van der Waals surface area (Å²) < 4.78 is 13.5. The number of nitrogens with zero attached hydrogens (tertiary/aromatic N) is 1. The van der Waals surface area contributed by atoms with E-state index in [0.29, 0.717) is 11.4 Å². The molecule has 4 N–H and O–H groups in total. The van der Waals surface area contributed by atoms with E-state index in [9.17, 15) is 4.39 Å². The number of nitrogen functional groups attached to an aromatic ring is 1. The fourth-order valence-electron chi connectivity index (χ4n) is 1.07. The highest BCUT2D eigenvalue weighted by atomic mass is 19.1. The van der Waals surface area contributed by atoms with Crippen molar-refractivity contribution in [2.75, 3.05) is 12.3 Å². The van der Waals surface area contributed by atoms with Crippen LogP contribution in [0.1, 0.15) is 12.5 Å². The van der Waals surface area contributed by atoms with Crippen molar-refractivity contribution in [2.24, 2.45) is 5.73 Å². The lowest BCUT2D eigenvalue weighted by Gasteiger charge is -2.18. The summed E-state index contributed by atoms with van der Waals surface area (Å²) in [7, 11) is 0. The highest BCUT2D eigenvalue weighted by molar-refractivity contribution is 5.39. The first-order valence-corrected chi connectivity index (χ1v) is 4.13. The lowest BCUT2D eigenvalue weighted by atomic mass is 9.99. The molecule has 0 aromatic carbocycles. The Kier molecular flexibility index (Phi) is 2.83. The van der Waals surface area contributed by atoms with Gasteiger partial charge in [0.1, 0.15) is 11.5 Å². The number of rotatable bonds is 3. The molecule has 13 heavy (non-hydrogen) atoms. The van der Waals surface area contributed by atoms with Gasteiger partial charge in [-0.1, -0.05) is 6.07 Å². The number of aromatic nitrogens is 1. The van der Waals surface area contributed by atoms with E-state index >= 15 is 0 Å². The van der Waals surface area contributed by atoms with Crippen molar-refractivity contribution in [3.05, 3.63) is 23.9 Å². The molecule has 0 saturated heterocycles. The molecule has 4 heteroatoms. The Morgan fingerprint density at radius 1 is 1.62 bits per heavy atom. The molecular weight excluding hydrogens is 169 g/mol. The molecule has 72 valence electrons. The van der Waals surface area contributed by atoms with Gasteiger partial charge in [0, 0.05) is 19.2 Å². The van der Waals surface area contributed by atoms with Crippen LogP contribution in [0.15, 0.2) is 18.3 Å². The third-order valence-corrected chi connectivity index (χ3v) is 1.91. The van der Waals surface area contributed by atoms with Crippen LogP contribution in [0.5, 0.6) is 0 Å². The molecule has 0 fully saturated rings. The fraction of sp³-hybridized carbons (Fsp3) is 0.444. The van der Waals surface area contributed by atoms with Crippen LogP contribution in [-0.4, -0.2) is 17.2 Å². The predicted octanol–water partition coefficient (Wildman–Crippen LogP) is 0.893. The monoisotopic (exact) mass is 183 g/mol. The van der Waals surface area contributed by atoms with Crippen molar-refractivity contribution in [1.82, 2.24) is 4.98 Å². The number of pyridine rings is 1. The maximum absolute atomic E-state index is 13.5. The Bertz CT molecular complexity index is 286. The molecule has 0 aliphatic heterocycles. The Morgan fingerprint density at radius 2 is 2.31 bits per heavy atom. The second-order valence-corrected chi connectivity index (χ2v) is 3.34. The highest BCUT2D eigenvalue weighted by Crippen LogP contribution is 2.18. The Morgan fingerprint density at radius 3 is 2.85 bits per heavy atom. The molecule has 0 spiro atoms. The average Bonchev–Trinajstić information content (AvgIpc) is 2.09. The van der Waals surface area contributed by atoms with Gasteiger partial charge in [0.05, 0.1) is 0 Å². The summed E-state index contributed by atoms with van der Waals surface area (Å²) in [5.74, 6) is 0.375. The van der Waals surface area contributed by atoms with Gasteiger partial charge in [-0.05, 0) is 18.6 Å². The minimum Gasteiger partial charge on any atom is -0.383 e. The smallest absolute Gasteiger partial charge is 0.126 e. The van der Waals surface area contributed by atoms with E-state index in [0.717, 1.165) is 0 Å². The first-order chi connectivity index (χ1) is 6.05. The lowest BCUT2D eigenvalue weighted by Crippen LogP contribution is -2.32. The molecule has 3 nitrogen and oxygen atoms in total. The van der Waals surface area contributed by atoms with Crippen LogP contribution in [0.25, 0.3) is 0 Å². The zero-order valence-corrected chi connectivity index (χ0v) is 7.63. The predicted molar refractivity (Wildman–Crippen MR) is 50.9 cm³/mol. The van der Waals surface area contributed by atoms with Crippen LogP contribution >= 0.6 is 0 Å². The summed E-state index contributed by atoms with van der Waals surface area (Å²) in [4.78, 5) is 3.87. The Labute approximate surface area is 77.0 Å². The summed E-state index contributed by atoms with van der Waals surface area (Å²) in [5.41, 5.74) is 10.1. The van der Waals surface area contributed by atoms with Crippen molar-refractivity contribution in [1.29, 1.82) is 0 Å². The highest BCUT2D eigenvalue weighted by Gasteiger charge is 2.22. The van der Waals surface area contributed by atoms with E-state index in [-0.39, 0.29) is 13.0 Å². The maximum atomic E-state index is 13.5. The Balaban J connectivity index is 2.80. The van der Waals surface area contributed by atoms with Crippen LogP contribution in [-0.2, 0) is 6.42 Å². The zero-order chi connectivity index (χ0) is 9.90. The van der Waals surface area contributed by atoms with E-state index in [4.69, 9.17) is 11.5 Å². The number of halogens is 1. The van der Waals surface area contributed by atoms with Gasteiger partial charge in [-0.15, -0.1) is 0 Å². The van der Waals surface area contributed by atoms with Crippen molar-refractivity contribution < 1.29 is 4.39 Å². The molecule has 1 rings (SSSR count). The summed E-state index contributed by atoms with van der Waals surface area (Å²) in [6.45, 7) is 1.45. The first-order valence-electron chi connectivity index (χ1n) is 4.13. The van der Waals surface area contributed by atoms with Gasteiger partial charge in [0.25, 0.3) is 0 Å². The van der Waals surface area contributed by atoms with Crippen LogP contribution in [0.3, 0.4) is 0 Å². The standard InChI is InChI=1S/C9H14FN3/c1-9(10,6-11)5-7-3-2-4-13-8(7)12/h2-4H,5-6,11H2,1H3,(H2,12,13).